The molecule has 1 amide bonds. The van der Waals surface area contributed by atoms with Crippen molar-refractivity contribution in [1.29, 1.82) is 0 Å². The Hall–Kier alpha value is -6.35. The maximum absolute atomic E-state index is 17.9. The molecule has 10 rings (SSSR count). The number of anilines is 1. The van der Waals surface area contributed by atoms with Crippen LogP contribution in [0.25, 0.3) is 32.9 Å². The average Bonchev–Trinajstić information content (AvgIpc) is 3.63. The first-order valence-electron chi connectivity index (χ1n) is 23.6. The third kappa shape index (κ3) is 8.15. The van der Waals surface area contributed by atoms with Gasteiger partial charge in [-0.05, 0) is 87.4 Å². The van der Waals surface area contributed by atoms with Crippen molar-refractivity contribution in [1.82, 2.24) is 24.8 Å². The standard InChI is InChI=1S/C53H56F2N6O7/c1-8-33-38(54)17-14-29-22-32(67-46-40-34(44(62)45(46)63)12-11-13-35(40)47(64)51(2,3)4)23-36(39(29)33)42-41(55)43-37(24-56-42)48(58-49(57-43)66-28-53(18-19-53)27-59-20-9-10-21-59)60-25-30-15-16-31(26-60)61(30)50(65)68-52(5,6)7/h9-14,17,22-24,30-31,46H,8,15-16,18-21,25-28H2,1-7H3/t30-,31+,46?. The summed E-state index contributed by atoms with van der Waals surface area (Å²) < 4.78 is 52.4. The Morgan fingerprint density at radius 2 is 1.63 bits per heavy atom. The number of rotatable bonds is 11. The van der Waals surface area contributed by atoms with E-state index < -0.39 is 40.3 Å². The molecule has 15 heteroatoms. The van der Waals surface area contributed by atoms with Crippen LogP contribution in [0, 0.1) is 22.5 Å². The first-order valence-corrected chi connectivity index (χ1v) is 23.6. The highest BCUT2D eigenvalue weighted by atomic mass is 19.1. The van der Waals surface area contributed by atoms with Crippen LogP contribution in [0.4, 0.5) is 19.4 Å². The lowest BCUT2D eigenvalue weighted by Gasteiger charge is -2.42. The second kappa shape index (κ2) is 16.7. The van der Waals surface area contributed by atoms with Crippen LogP contribution in [-0.4, -0.2) is 105 Å². The summed E-state index contributed by atoms with van der Waals surface area (Å²) in [5.74, 6) is -2.70. The molecule has 3 fully saturated rings. The van der Waals surface area contributed by atoms with Gasteiger partial charge in [-0.2, -0.15) is 9.97 Å². The van der Waals surface area contributed by atoms with Crippen LogP contribution in [0.3, 0.4) is 0 Å². The topological polar surface area (TPSA) is 144 Å². The van der Waals surface area contributed by atoms with Gasteiger partial charge in [0.1, 0.15) is 34.2 Å². The lowest BCUT2D eigenvalue weighted by Crippen LogP contribution is -2.57. The zero-order valence-electron chi connectivity index (χ0n) is 39.6. The maximum atomic E-state index is 17.9. The van der Waals surface area contributed by atoms with Crippen molar-refractivity contribution in [3.8, 4) is 23.0 Å². The molecule has 5 aromatic rings. The van der Waals surface area contributed by atoms with Crippen LogP contribution in [0.15, 0.2) is 60.8 Å². The smallest absolute Gasteiger partial charge is 0.410 e. The monoisotopic (exact) mass is 926 g/mol. The number of pyridine rings is 1. The Kier molecular flexibility index (Phi) is 11.2. The van der Waals surface area contributed by atoms with Gasteiger partial charge in [-0.1, -0.05) is 64.1 Å². The zero-order chi connectivity index (χ0) is 48.0. The zero-order valence-corrected chi connectivity index (χ0v) is 39.6. The predicted octanol–water partition coefficient (Wildman–Crippen LogP) is 9.42. The fourth-order valence-electron chi connectivity index (χ4n) is 10.4. The highest BCUT2D eigenvalue weighted by Crippen LogP contribution is 2.48. The van der Waals surface area contributed by atoms with Gasteiger partial charge in [0.2, 0.25) is 11.6 Å². The van der Waals surface area contributed by atoms with Crippen LogP contribution in [0.5, 0.6) is 11.8 Å². The van der Waals surface area contributed by atoms with Crippen molar-refractivity contribution >= 4 is 50.9 Å². The number of halogens is 2. The normalized spacial score (nSPS) is 21.0. The van der Waals surface area contributed by atoms with Gasteiger partial charge in [-0.15, -0.1) is 0 Å². The van der Waals surface area contributed by atoms with Crippen molar-refractivity contribution in [2.45, 2.75) is 104 Å². The molecular formula is C53H56F2N6O7. The Balaban J connectivity index is 1.08. The average molecular weight is 927 g/mol. The van der Waals surface area contributed by atoms with Crippen molar-refractivity contribution in [2.75, 3.05) is 44.2 Å². The second-order valence-electron chi connectivity index (χ2n) is 21.1. The summed E-state index contributed by atoms with van der Waals surface area (Å²) >= 11 is 0. The van der Waals surface area contributed by atoms with E-state index >= 15 is 8.78 Å². The molecule has 3 aliphatic heterocycles. The molecule has 0 N–H and O–H groups in total. The van der Waals surface area contributed by atoms with Crippen LogP contribution in [0.1, 0.15) is 112 Å². The van der Waals surface area contributed by atoms with Crippen LogP contribution < -0.4 is 14.4 Å². The van der Waals surface area contributed by atoms with Gasteiger partial charge in [0, 0.05) is 72.0 Å². The van der Waals surface area contributed by atoms with E-state index in [1.54, 1.807) is 52.0 Å². The predicted molar refractivity (Wildman–Crippen MR) is 252 cm³/mol. The number of amides is 1. The minimum Gasteiger partial charge on any atom is -0.477 e. The molecule has 2 aromatic heterocycles. The maximum Gasteiger partial charge on any atom is 0.410 e. The van der Waals surface area contributed by atoms with Gasteiger partial charge in [0.25, 0.3) is 0 Å². The first-order chi connectivity index (χ1) is 32.3. The van der Waals surface area contributed by atoms with Gasteiger partial charge in [0.15, 0.2) is 17.7 Å². The third-order valence-electron chi connectivity index (χ3n) is 14.0. The van der Waals surface area contributed by atoms with Crippen molar-refractivity contribution in [2.24, 2.45) is 10.8 Å². The lowest BCUT2D eigenvalue weighted by molar-refractivity contribution is -0.120. The summed E-state index contributed by atoms with van der Waals surface area (Å²) in [7, 11) is 0. The van der Waals surface area contributed by atoms with E-state index in [4.69, 9.17) is 29.2 Å². The number of aryl methyl sites for hydroxylation is 1. The molecule has 2 aliphatic carbocycles. The minimum absolute atomic E-state index is 0.00205. The third-order valence-corrected chi connectivity index (χ3v) is 14.0. The molecule has 2 bridgehead atoms. The number of hydrogen-bond acceptors (Lipinski definition) is 12. The number of ketones is 3. The Morgan fingerprint density at radius 1 is 0.912 bits per heavy atom. The summed E-state index contributed by atoms with van der Waals surface area (Å²) in [5, 5.41) is 1.19. The number of Topliss-reactive ketones (excluding diaryl/α,β-unsaturated/α-hetero) is 3. The van der Waals surface area contributed by atoms with E-state index in [0.717, 1.165) is 45.3 Å². The van der Waals surface area contributed by atoms with Crippen molar-refractivity contribution in [3.05, 3.63) is 94.7 Å². The number of carbonyl (C=O) groups is 4. The summed E-state index contributed by atoms with van der Waals surface area (Å²) in [4.78, 5) is 75.0. The molecule has 1 unspecified atom stereocenters. The highest BCUT2D eigenvalue weighted by Gasteiger charge is 2.48. The van der Waals surface area contributed by atoms with Crippen molar-refractivity contribution in [3.63, 3.8) is 0 Å². The second-order valence-corrected chi connectivity index (χ2v) is 21.1. The number of fused-ring (bicyclic) bond motifs is 5. The van der Waals surface area contributed by atoms with E-state index in [1.165, 1.54) is 24.4 Å². The van der Waals surface area contributed by atoms with Gasteiger partial charge >= 0.3 is 12.1 Å². The molecule has 13 nitrogen and oxygen atoms in total. The van der Waals surface area contributed by atoms with E-state index in [2.05, 4.69) is 22.0 Å². The number of benzene rings is 3. The van der Waals surface area contributed by atoms with Gasteiger partial charge in [-0.25, -0.2) is 13.6 Å². The quantitative estimate of drug-likeness (QED) is 0.0707. The molecule has 3 aromatic carbocycles. The Bertz CT molecular complexity index is 2950. The number of ether oxygens (including phenoxy) is 3. The molecule has 1 saturated carbocycles. The van der Waals surface area contributed by atoms with Crippen LogP contribution in [-0.2, 0) is 16.0 Å². The number of carbonyl (C=O) groups excluding carboxylic acids is 4. The fraction of sp³-hybridized carbons (Fsp3) is 0.453. The van der Waals surface area contributed by atoms with E-state index in [1.807, 2.05) is 25.7 Å². The molecule has 0 spiro atoms. The molecule has 68 heavy (non-hydrogen) atoms. The molecule has 5 heterocycles. The largest absolute Gasteiger partial charge is 0.477 e. The van der Waals surface area contributed by atoms with Crippen LogP contribution in [0.2, 0.25) is 0 Å². The lowest BCUT2D eigenvalue weighted by atomic mass is 9.83. The van der Waals surface area contributed by atoms with E-state index in [-0.39, 0.29) is 81.0 Å². The van der Waals surface area contributed by atoms with Crippen LogP contribution >= 0.6 is 0 Å². The number of hydrogen-bond donors (Lipinski definition) is 0. The van der Waals surface area contributed by atoms with Gasteiger partial charge < -0.3 is 19.1 Å². The summed E-state index contributed by atoms with van der Waals surface area (Å²) in [5.41, 5.74) is -0.853. The number of aromatic nitrogens is 3. The van der Waals surface area contributed by atoms with Gasteiger partial charge in [-0.3, -0.25) is 29.2 Å². The van der Waals surface area contributed by atoms with Gasteiger partial charge in [0.05, 0.1) is 24.1 Å². The number of nitrogens with zero attached hydrogens (tertiary/aromatic N) is 6. The Labute approximate surface area is 393 Å². The molecular weight excluding hydrogens is 871 g/mol. The molecule has 0 radical (unpaired) electrons. The van der Waals surface area contributed by atoms with Crippen molar-refractivity contribution < 1.29 is 42.2 Å². The minimum atomic E-state index is -1.47. The Morgan fingerprint density at radius 3 is 2.29 bits per heavy atom. The van der Waals surface area contributed by atoms with E-state index in [9.17, 15) is 19.2 Å². The molecule has 354 valence electrons. The molecule has 2 saturated heterocycles. The van der Waals surface area contributed by atoms with E-state index in [0.29, 0.717) is 47.2 Å². The fourth-order valence-corrected chi connectivity index (χ4v) is 10.4. The summed E-state index contributed by atoms with van der Waals surface area (Å²) in [6.07, 6.45) is 7.73. The molecule has 3 atom stereocenters. The summed E-state index contributed by atoms with van der Waals surface area (Å²) in [6, 6.07) is 10.3. The SMILES string of the molecule is CCc1c(F)ccc2cc(OC3C(=O)C(=O)c4cccc(C(=O)C(C)(C)C)c43)cc(-c3ncc4c(N5C[C@H]6CC[C@@H](C5)N6C(=O)OC(C)(C)C)nc(OCC5(CN6CC=CC6)CC5)nc4c3F)c12. The number of piperazine rings is 1. The molecule has 5 aliphatic rings. The summed E-state index contributed by atoms with van der Waals surface area (Å²) in [6.45, 7) is 16.4. The first kappa shape index (κ1) is 45.4. The highest BCUT2D eigenvalue weighted by molar-refractivity contribution is 6.49.